The SMILES string of the molecule is COc1cccc(C(O)c2cccc3ccncc23)c1N. The standard InChI is InChI=1S/C17H16N2O2/c1-21-15-7-3-6-13(16(15)18)17(20)12-5-2-4-11-8-9-19-10-14(11)12/h2-10,17,20H,18H2,1H3. The zero-order chi connectivity index (χ0) is 14.8. The zero-order valence-corrected chi connectivity index (χ0v) is 11.7. The van der Waals surface area contributed by atoms with Gasteiger partial charge in [-0.15, -0.1) is 0 Å². The van der Waals surface area contributed by atoms with E-state index in [-0.39, 0.29) is 0 Å². The number of methoxy groups -OCH3 is 1. The summed E-state index contributed by atoms with van der Waals surface area (Å²) in [6.45, 7) is 0. The highest BCUT2D eigenvalue weighted by molar-refractivity contribution is 5.85. The minimum Gasteiger partial charge on any atom is -0.495 e. The minimum absolute atomic E-state index is 0.452. The Hall–Kier alpha value is -2.59. The number of anilines is 1. The molecular weight excluding hydrogens is 264 g/mol. The Morgan fingerprint density at radius 3 is 2.67 bits per heavy atom. The molecule has 21 heavy (non-hydrogen) atoms. The second kappa shape index (κ2) is 5.42. The fourth-order valence-electron chi connectivity index (χ4n) is 2.52. The molecule has 4 heteroatoms. The van der Waals surface area contributed by atoms with E-state index in [0.29, 0.717) is 17.0 Å². The molecule has 4 nitrogen and oxygen atoms in total. The summed E-state index contributed by atoms with van der Waals surface area (Å²) in [7, 11) is 1.56. The number of benzene rings is 2. The molecule has 3 aromatic rings. The van der Waals surface area contributed by atoms with E-state index in [1.807, 2.05) is 30.3 Å². The van der Waals surface area contributed by atoms with E-state index < -0.39 is 6.10 Å². The van der Waals surface area contributed by atoms with Gasteiger partial charge in [0.1, 0.15) is 11.9 Å². The number of para-hydroxylation sites is 1. The van der Waals surface area contributed by atoms with Gasteiger partial charge in [-0.1, -0.05) is 30.3 Å². The summed E-state index contributed by atoms with van der Waals surface area (Å²) < 4.78 is 5.21. The minimum atomic E-state index is -0.826. The monoisotopic (exact) mass is 280 g/mol. The third kappa shape index (κ3) is 2.30. The molecule has 0 aliphatic carbocycles. The van der Waals surface area contributed by atoms with Crippen LogP contribution >= 0.6 is 0 Å². The van der Waals surface area contributed by atoms with Crippen molar-refractivity contribution < 1.29 is 9.84 Å². The van der Waals surface area contributed by atoms with Crippen molar-refractivity contribution in [3.63, 3.8) is 0 Å². The van der Waals surface area contributed by atoms with Crippen molar-refractivity contribution >= 4 is 16.5 Å². The Kier molecular flexibility index (Phi) is 3.46. The Morgan fingerprint density at radius 1 is 1.10 bits per heavy atom. The number of hydrogen-bond acceptors (Lipinski definition) is 4. The van der Waals surface area contributed by atoms with Crippen LogP contribution in [0, 0.1) is 0 Å². The van der Waals surface area contributed by atoms with E-state index in [0.717, 1.165) is 16.3 Å². The maximum atomic E-state index is 10.7. The molecule has 3 rings (SSSR count). The van der Waals surface area contributed by atoms with Crippen molar-refractivity contribution in [2.24, 2.45) is 0 Å². The summed E-state index contributed by atoms with van der Waals surface area (Å²) in [6, 6.07) is 13.1. The highest BCUT2D eigenvalue weighted by atomic mass is 16.5. The Morgan fingerprint density at radius 2 is 1.86 bits per heavy atom. The first-order valence-electron chi connectivity index (χ1n) is 6.65. The normalized spacial score (nSPS) is 12.3. The van der Waals surface area contributed by atoms with Gasteiger partial charge in [0.25, 0.3) is 0 Å². The molecule has 0 radical (unpaired) electrons. The van der Waals surface area contributed by atoms with Crippen LogP contribution in [0.25, 0.3) is 10.8 Å². The number of aliphatic hydroxyl groups excluding tert-OH is 1. The molecule has 106 valence electrons. The molecule has 3 N–H and O–H groups in total. The predicted octanol–water partition coefficient (Wildman–Crippen LogP) is 2.91. The average molecular weight is 280 g/mol. The van der Waals surface area contributed by atoms with Gasteiger partial charge in [0.2, 0.25) is 0 Å². The van der Waals surface area contributed by atoms with E-state index in [2.05, 4.69) is 4.98 Å². The fourth-order valence-corrected chi connectivity index (χ4v) is 2.52. The van der Waals surface area contributed by atoms with Crippen LogP contribution < -0.4 is 10.5 Å². The Balaban J connectivity index is 2.15. The van der Waals surface area contributed by atoms with E-state index >= 15 is 0 Å². The van der Waals surface area contributed by atoms with Gasteiger partial charge in [0.05, 0.1) is 12.8 Å². The first-order chi connectivity index (χ1) is 10.2. The van der Waals surface area contributed by atoms with Gasteiger partial charge in [-0.2, -0.15) is 0 Å². The summed E-state index contributed by atoms with van der Waals surface area (Å²) in [6.07, 6.45) is 2.66. The van der Waals surface area contributed by atoms with Crippen molar-refractivity contribution in [2.45, 2.75) is 6.10 Å². The van der Waals surface area contributed by atoms with Gasteiger partial charge in [0.15, 0.2) is 0 Å². The van der Waals surface area contributed by atoms with E-state index in [1.165, 1.54) is 0 Å². The molecule has 0 fully saturated rings. The lowest BCUT2D eigenvalue weighted by atomic mass is 9.96. The van der Waals surface area contributed by atoms with Crippen LogP contribution in [0.3, 0.4) is 0 Å². The summed E-state index contributed by atoms with van der Waals surface area (Å²) >= 11 is 0. The lowest BCUT2D eigenvalue weighted by molar-refractivity contribution is 0.222. The molecule has 1 atom stereocenters. The van der Waals surface area contributed by atoms with Crippen molar-refractivity contribution in [3.05, 3.63) is 66.0 Å². The molecule has 0 saturated carbocycles. The van der Waals surface area contributed by atoms with Crippen molar-refractivity contribution in [1.29, 1.82) is 0 Å². The summed E-state index contributed by atoms with van der Waals surface area (Å²) in [5.74, 6) is 0.560. The quantitative estimate of drug-likeness (QED) is 0.724. The van der Waals surface area contributed by atoms with Crippen LogP contribution in [0.1, 0.15) is 17.2 Å². The first kappa shape index (κ1) is 13.4. The highest BCUT2D eigenvalue weighted by Gasteiger charge is 2.18. The fraction of sp³-hybridized carbons (Fsp3) is 0.118. The maximum absolute atomic E-state index is 10.7. The second-order valence-corrected chi connectivity index (χ2v) is 4.81. The predicted molar refractivity (Wildman–Crippen MR) is 83.2 cm³/mol. The molecule has 0 saturated heterocycles. The van der Waals surface area contributed by atoms with Crippen LogP contribution in [0.2, 0.25) is 0 Å². The van der Waals surface area contributed by atoms with Crippen LogP contribution in [-0.2, 0) is 0 Å². The lowest BCUT2D eigenvalue weighted by Crippen LogP contribution is -2.06. The van der Waals surface area contributed by atoms with Crippen LogP contribution in [-0.4, -0.2) is 17.2 Å². The molecule has 0 aliphatic heterocycles. The van der Waals surface area contributed by atoms with Gasteiger partial charge in [-0.05, 0) is 23.1 Å². The number of aliphatic hydroxyl groups is 1. The number of nitrogen functional groups attached to an aromatic ring is 1. The summed E-state index contributed by atoms with van der Waals surface area (Å²) in [5.41, 5.74) is 7.94. The Bertz CT molecular complexity index is 781. The number of hydrogen-bond donors (Lipinski definition) is 2. The van der Waals surface area contributed by atoms with Crippen LogP contribution in [0.15, 0.2) is 54.9 Å². The molecule has 1 heterocycles. The smallest absolute Gasteiger partial charge is 0.142 e. The third-order valence-electron chi connectivity index (χ3n) is 3.63. The van der Waals surface area contributed by atoms with Crippen molar-refractivity contribution in [1.82, 2.24) is 4.98 Å². The Labute approximate surface area is 122 Å². The summed E-state index contributed by atoms with van der Waals surface area (Å²) in [4.78, 5) is 4.14. The number of nitrogens with zero attached hydrogens (tertiary/aromatic N) is 1. The average Bonchev–Trinajstić information content (AvgIpc) is 2.54. The topological polar surface area (TPSA) is 68.4 Å². The molecule has 0 spiro atoms. The van der Waals surface area contributed by atoms with E-state index in [4.69, 9.17) is 10.5 Å². The molecule has 1 unspecified atom stereocenters. The number of ether oxygens (including phenoxy) is 1. The van der Waals surface area contributed by atoms with Crippen molar-refractivity contribution in [3.8, 4) is 5.75 Å². The highest BCUT2D eigenvalue weighted by Crippen LogP contribution is 2.35. The van der Waals surface area contributed by atoms with Crippen LogP contribution in [0.4, 0.5) is 5.69 Å². The van der Waals surface area contributed by atoms with Gasteiger partial charge in [0, 0.05) is 23.3 Å². The third-order valence-corrected chi connectivity index (χ3v) is 3.63. The molecule has 2 aromatic carbocycles. The summed E-state index contributed by atoms with van der Waals surface area (Å²) in [5, 5.41) is 12.7. The van der Waals surface area contributed by atoms with Gasteiger partial charge in [-0.25, -0.2) is 0 Å². The first-order valence-corrected chi connectivity index (χ1v) is 6.65. The van der Waals surface area contributed by atoms with E-state index in [1.54, 1.807) is 31.6 Å². The lowest BCUT2D eigenvalue weighted by Gasteiger charge is -2.17. The molecule has 0 bridgehead atoms. The number of fused-ring (bicyclic) bond motifs is 1. The van der Waals surface area contributed by atoms with E-state index in [9.17, 15) is 5.11 Å². The molecule has 1 aromatic heterocycles. The molecular formula is C17H16N2O2. The molecule has 0 amide bonds. The van der Waals surface area contributed by atoms with Gasteiger partial charge in [-0.3, -0.25) is 4.98 Å². The van der Waals surface area contributed by atoms with Gasteiger partial charge < -0.3 is 15.6 Å². The second-order valence-electron chi connectivity index (χ2n) is 4.81. The number of rotatable bonds is 3. The largest absolute Gasteiger partial charge is 0.495 e. The maximum Gasteiger partial charge on any atom is 0.142 e. The number of pyridine rings is 1. The van der Waals surface area contributed by atoms with Crippen LogP contribution in [0.5, 0.6) is 5.75 Å². The van der Waals surface area contributed by atoms with Crippen molar-refractivity contribution in [2.75, 3.05) is 12.8 Å². The number of aromatic nitrogens is 1. The molecule has 0 aliphatic rings. The number of nitrogens with two attached hydrogens (primary N) is 1. The van der Waals surface area contributed by atoms with Gasteiger partial charge >= 0.3 is 0 Å². The zero-order valence-electron chi connectivity index (χ0n) is 11.7.